The minimum atomic E-state index is -3.13. The van der Waals surface area contributed by atoms with Crippen molar-refractivity contribution in [2.24, 2.45) is 17.6 Å². The highest BCUT2D eigenvalue weighted by Gasteiger charge is 2.69. The number of aliphatic hydroxyl groups excluding tert-OH is 2. The first-order chi connectivity index (χ1) is 17.7. The normalized spacial score (nSPS) is 28.5. The predicted molar refractivity (Wildman–Crippen MR) is 130 cm³/mol. The molecule has 0 heterocycles. The minimum Gasteiger partial charge on any atom is -0.508 e. The Bertz CT molecular complexity index is 1440. The van der Waals surface area contributed by atoms with Crippen molar-refractivity contribution in [2.45, 2.75) is 17.7 Å². The van der Waals surface area contributed by atoms with Gasteiger partial charge in [0.2, 0.25) is 5.78 Å². The van der Waals surface area contributed by atoms with Crippen LogP contribution in [0, 0.1) is 11.8 Å². The fraction of sp³-hybridized carbons (Fsp3) is 0.269. The lowest BCUT2D eigenvalue weighted by molar-refractivity contribution is -0.182. The number of Topliss-reactive ketones (excluding diaryl/α,β-unsaturated/α-hetero) is 2. The van der Waals surface area contributed by atoms with E-state index in [2.05, 4.69) is 13.2 Å². The van der Waals surface area contributed by atoms with Gasteiger partial charge < -0.3 is 30.9 Å². The number of fused-ring (bicyclic) bond motifs is 3. The molecule has 0 aromatic heterocycles. The second-order valence-corrected chi connectivity index (χ2v) is 9.39. The van der Waals surface area contributed by atoms with Crippen LogP contribution in [-0.2, 0) is 28.7 Å². The number of ketones is 3. The van der Waals surface area contributed by atoms with Gasteiger partial charge in [-0.15, -0.1) is 0 Å². The lowest BCUT2D eigenvalue weighted by Crippen LogP contribution is -2.70. The topological polar surface area (TPSA) is 205 Å². The summed E-state index contributed by atoms with van der Waals surface area (Å²) in [6.45, 7) is 7.17. The van der Waals surface area contributed by atoms with Gasteiger partial charge in [-0.3, -0.25) is 24.1 Å². The summed E-state index contributed by atoms with van der Waals surface area (Å²) in [4.78, 5) is 65.5. The first-order valence-corrected chi connectivity index (χ1v) is 11.2. The van der Waals surface area contributed by atoms with Gasteiger partial charge in [0.25, 0.3) is 11.7 Å². The number of amides is 1. The molecule has 1 fully saturated rings. The van der Waals surface area contributed by atoms with E-state index in [1.807, 2.05) is 0 Å². The Morgan fingerprint density at radius 1 is 1.16 bits per heavy atom. The number of carbonyl (C=O) groups excluding carboxylic acids is 5. The Balaban J connectivity index is 2.12. The second kappa shape index (κ2) is 8.78. The fourth-order valence-corrected chi connectivity index (χ4v) is 5.59. The van der Waals surface area contributed by atoms with Gasteiger partial charge in [-0.25, -0.2) is 4.79 Å². The summed E-state index contributed by atoms with van der Waals surface area (Å²) < 4.78 is 5.46. The Morgan fingerprint density at radius 2 is 1.79 bits per heavy atom. The summed E-state index contributed by atoms with van der Waals surface area (Å²) in [5.74, 6) is -12.4. The van der Waals surface area contributed by atoms with E-state index in [0.717, 1.165) is 0 Å². The van der Waals surface area contributed by atoms with Gasteiger partial charge >= 0.3 is 5.97 Å². The number of carbonyl (C=O) groups is 5. The number of phenolic OH excluding ortho intramolecular Hbond substituents is 1. The lowest BCUT2D eigenvalue weighted by atomic mass is 9.55. The first-order valence-electron chi connectivity index (χ1n) is 11.2. The third kappa shape index (κ3) is 3.34. The number of hydrogen-bond donors (Lipinski definition) is 5. The SMILES string of the molecule is C=CC(=O)C(=O)OC1C2C(=C)c3cccc(O)c3C(O)=C2C(=O)C2(O)C(O)=C(C(N)=O)C(=O)C(N(C)C)C12. The molecular weight excluding hydrogens is 500 g/mol. The summed E-state index contributed by atoms with van der Waals surface area (Å²) in [5.41, 5.74) is 0.468. The molecule has 12 heteroatoms. The van der Waals surface area contributed by atoms with Gasteiger partial charge in [-0.1, -0.05) is 25.3 Å². The van der Waals surface area contributed by atoms with Crippen molar-refractivity contribution >= 4 is 40.6 Å². The zero-order valence-corrected chi connectivity index (χ0v) is 20.3. The van der Waals surface area contributed by atoms with Crippen LogP contribution in [0.15, 0.2) is 54.3 Å². The number of esters is 1. The molecule has 3 aliphatic rings. The van der Waals surface area contributed by atoms with Crippen molar-refractivity contribution in [3.63, 3.8) is 0 Å². The number of primary amides is 1. The van der Waals surface area contributed by atoms with E-state index in [1.54, 1.807) is 0 Å². The van der Waals surface area contributed by atoms with Gasteiger partial charge in [0.15, 0.2) is 11.4 Å². The van der Waals surface area contributed by atoms with Crippen molar-refractivity contribution in [1.82, 2.24) is 4.90 Å². The molecule has 12 nitrogen and oxygen atoms in total. The molecule has 3 aliphatic carbocycles. The Kier molecular flexibility index (Phi) is 6.13. The minimum absolute atomic E-state index is 0.0390. The van der Waals surface area contributed by atoms with Crippen LogP contribution in [0.1, 0.15) is 11.1 Å². The zero-order valence-electron chi connectivity index (χ0n) is 20.3. The zero-order chi connectivity index (χ0) is 28.4. The first kappa shape index (κ1) is 26.5. The van der Waals surface area contributed by atoms with Crippen LogP contribution >= 0.6 is 0 Å². The van der Waals surface area contributed by atoms with Gasteiger partial charge in [-0.2, -0.15) is 0 Å². The maximum absolute atomic E-state index is 14.0. The molecule has 5 unspecified atom stereocenters. The number of aliphatic hydroxyl groups is 3. The van der Waals surface area contributed by atoms with Crippen LogP contribution in [0.4, 0.5) is 0 Å². The second-order valence-electron chi connectivity index (χ2n) is 9.39. The number of hydrogen-bond acceptors (Lipinski definition) is 11. The Labute approximate surface area is 215 Å². The van der Waals surface area contributed by atoms with Crippen molar-refractivity contribution in [1.29, 1.82) is 0 Å². The van der Waals surface area contributed by atoms with Crippen LogP contribution in [0.2, 0.25) is 0 Å². The number of phenols is 1. The number of rotatable bonds is 5. The van der Waals surface area contributed by atoms with E-state index in [1.165, 1.54) is 37.2 Å². The van der Waals surface area contributed by atoms with Crippen LogP contribution < -0.4 is 5.73 Å². The molecule has 6 N–H and O–H groups in total. The highest BCUT2D eigenvalue weighted by Crippen LogP contribution is 2.56. The average Bonchev–Trinajstić information content (AvgIpc) is 2.84. The van der Waals surface area contributed by atoms with Crippen LogP contribution in [0.3, 0.4) is 0 Å². The van der Waals surface area contributed by atoms with E-state index >= 15 is 0 Å². The maximum atomic E-state index is 14.0. The highest BCUT2D eigenvalue weighted by molar-refractivity contribution is 6.38. The molecule has 0 aliphatic heterocycles. The van der Waals surface area contributed by atoms with Gasteiger partial charge in [0.05, 0.1) is 29.0 Å². The van der Waals surface area contributed by atoms with E-state index in [4.69, 9.17) is 10.5 Å². The number of nitrogens with two attached hydrogens (primary N) is 1. The molecule has 1 amide bonds. The highest BCUT2D eigenvalue weighted by atomic mass is 16.6. The van der Waals surface area contributed by atoms with Crippen molar-refractivity contribution in [3.8, 4) is 5.75 Å². The maximum Gasteiger partial charge on any atom is 0.379 e. The Hall–Kier alpha value is -4.55. The third-order valence-corrected chi connectivity index (χ3v) is 7.21. The van der Waals surface area contributed by atoms with E-state index in [0.29, 0.717) is 6.08 Å². The fourth-order valence-electron chi connectivity index (χ4n) is 5.59. The van der Waals surface area contributed by atoms with E-state index < -0.39 is 87.2 Å². The molecule has 5 atom stereocenters. The summed E-state index contributed by atoms with van der Waals surface area (Å²) in [6, 6.07) is 2.53. The summed E-state index contributed by atoms with van der Waals surface area (Å²) >= 11 is 0. The molecule has 4 rings (SSSR count). The molecule has 0 bridgehead atoms. The van der Waals surface area contributed by atoms with Gasteiger partial charge in [-0.05, 0) is 37.4 Å². The number of ether oxygens (including phenoxy) is 1. The Morgan fingerprint density at radius 3 is 2.34 bits per heavy atom. The average molecular weight is 524 g/mol. The molecule has 0 saturated heterocycles. The summed E-state index contributed by atoms with van der Waals surface area (Å²) in [5, 5.41) is 44.5. The standard InChI is InChI=1S/C26H24N2O10/c1-5-11(29)25(36)38-21-13-9(2)10-7-6-8-12(30)14(10)19(31)15(13)22(33)26(37)17(21)18(28(3)4)20(32)16(23(26)34)24(27)35/h5-8,13,17-18,21,30-31,34,37H,1-2H2,3-4H3,(H2,27,35). The van der Waals surface area contributed by atoms with Gasteiger partial charge in [0, 0.05) is 0 Å². The molecule has 1 aromatic rings. The predicted octanol–water partition coefficient (Wildman–Crippen LogP) is -0.288. The number of benzene rings is 1. The smallest absolute Gasteiger partial charge is 0.379 e. The molecular formula is C26H24N2O10. The summed E-state index contributed by atoms with van der Waals surface area (Å²) in [7, 11) is 2.74. The molecule has 0 radical (unpaired) electrons. The van der Waals surface area contributed by atoms with Crippen molar-refractivity contribution in [2.75, 3.05) is 14.1 Å². The quantitative estimate of drug-likeness (QED) is 0.146. The van der Waals surface area contributed by atoms with Crippen molar-refractivity contribution in [3.05, 3.63) is 65.5 Å². The van der Waals surface area contributed by atoms with Crippen LogP contribution in [0.5, 0.6) is 5.75 Å². The van der Waals surface area contributed by atoms with E-state index in [9.17, 15) is 44.4 Å². The molecule has 0 spiro atoms. The van der Waals surface area contributed by atoms with Crippen LogP contribution in [-0.4, -0.2) is 86.4 Å². The van der Waals surface area contributed by atoms with Crippen LogP contribution in [0.25, 0.3) is 11.3 Å². The molecule has 198 valence electrons. The molecule has 1 saturated carbocycles. The summed E-state index contributed by atoms with van der Waals surface area (Å²) in [6.07, 6.45) is -1.11. The third-order valence-electron chi connectivity index (χ3n) is 7.21. The monoisotopic (exact) mass is 524 g/mol. The molecule has 38 heavy (non-hydrogen) atoms. The van der Waals surface area contributed by atoms with Gasteiger partial charge in [0.1, 0.15) is 28.9 Å². The number of aromatic hydroxyl groups is 1. The number of nitrogens with zero attached hydrogens (tertiary/aromatic N) is 1. The largest absolute Gasteiger partial charge is 0.508 e. The molecule has 1 aromatic carbocycles. The van der Waals surface area contributed by atoms with Crippen molar-refractivity contribution < 1.29 is 49.1 Å². The number of likely N-dealkylation sites (N-methyl/N-ethyl adjacent to an activating group) is 1. The lowest BCUT2D eigenvalue weighted by Gasteiger charge is -2.53. The van der Waals surface area contributed by atoms with E-state index in [-0.39, 0.29) is 16.7 Å².